The highest BCUT2D eigenvalue weighted by molar-refractivity contribution is 6.19. The lowest BCUT2D eigenvalue weighted by Crippen LogP contribution is -2.23. The molecule has 0 aliphatic heterocycles. The number of rotatable bonds is 3. The summed E-state index contributed by atoms with van der Waals surface area (Å²) in [5, 5.41) is 19.9. The van der Waals surface area contributed by atoms with Crippen molar-refractivity contribution < 1.29 is 4.79 Å². The highest BCUT2D eigenvalue weighted by Gasteiger charge is 2.14. The number of aromatic nitrogens is 5. The van der Waals surface area contributed by atoms with Gasteiger partial charge in [-0.2, -0.15) is 5.10 Å². The molecule has 0 aliphatic rings. The zero-order valence-corrected chi connectivity index (χ0v) is 10.7. The highest BCUT2D eigenvalue weighted by Crippen LogP contribution is 2.21. The van der Waals surface area contributed by atoms with Crippen molar-refractivity contribution in [2.75, 3.05) is 11.1 Å². The van der Waals surface area contributed by atoms with E-state index in [1.807, 2.05) is 5.23 Å². The Hall–Kier alpha value is -3.17. The molecule has 3 aromatic rings. The zero-order valence-electron chi connectivity index (χ0n) is 10.7. The molecule has 3 aromatic heterocycles. The minimum absolute atomic E-state index is 0.0122. The minimum Gasteiger partial charge on any atom is -0.404 e. The second-order valence-corrected chi connectivity index (χ2v) is 4.16. The van der Waals surface area contributed by atoms with Gasteiger partial charge in [-0.25, -0.2) is 4.98 Å². The zero-order chi connectivity index (χ0) is 14.8. The van der Waals surface area contributed by atoms with Crippen LogP contribution in [0.15, 0.2) is 24.5 Å². The minimum atomic E-state index is -0.590. The van der Waals surface area contributed by atoms with Gasteiger partial charge in [0.2, 0.25) is 7.98 Å². The lowest BCUT2D eigenvalue weighted by molar-refractivity contribution is 0.0977. The number of nitrogen functional groups attached to an aromatic ring is 1. The van der Waals surface area contributed by atoms with Crippen LogP contribution < -0.4 is 16.3 Å². The van der Waals surface area contributed by atoms with Crippen LogP contribution in [-0.2, 0) is 0 Å². The number of hydrogen-bond donors (Lipinski definition) is 4. The van der Waals surface area contributed by atoms with E-state index in [0.717, 1.165) is 10.9 Å². The molecule has 0 spiro atoms. The third-order valence-corrected chi connectivity index (χ3v) is 2.75. The monoisotopic (exact) mass is 280 g/mol. The van der Waals surface area contributed by atoms with Gasteiger partial charge in [-0.3, -0.25) is 9.89 Å². The third kappa shape index (κ3) is 2.46. The molecule has 10 heteroatoms. The van der Waals surface area contributed by atoms with Crippen molar-refractivity contribution in [3.8, 4) is 0 Å². The van der Waals surface area contributed by atoms with Crippen molar-refractivity contribution in [3.63, 3.8) is 0 Å². The Labute approximate surface area is 119 Å². The average molecular weight is 280 g/mol. The SMILES string of the molecule is [B]NC(=O)c1nnc(N)cc1Nc1cc2[nH]ncc2cn1. The first kappa shape index (κ1) is 12.8. The molecule has 21 heavy (non-hydrogen) atoms. The third-order valence-electron chi connectivity index (χ3n) is 2.75. The average Bonchev–Trinajstić information content (AvgIpc) is 2.94. The Morgan fingerprint density at radius 2 is 2.14 bits per heavy atom. The van der Waals surface area contributed by atoms with Gasteiger partial charge >= 0.3 is 0 Å². The van der Waals surface area contributed by atoms with E-state index in [1.165, 1.54) is 6.07 Å². The predicted molar refractivity (Wildman–Crippen MR) is 76.8 cm³/mol. The standard InChI is InChI=1S/C11H9BN8O/c12-17-11(21)10-7(1-8(13)19-20-10)16-9-2-6-5(3-14-9)4-15-18-6/h1-4H,(H,15,18)(H,17,21)(H3,13,14,16,19). The number of amides is 1. The summed E-state index contributed by atoms with van der Waals surface area (Å²) >= 11 is 0. The van der Waals surface area contributed by atoms with Gasteiger partial charge in [0, 0.05) is 23.7 Å². The summed E-state index contributed by atoms with van der Waals surface area (Å²) < 4.78 is 0. The Morgan fingerprint density at radius 3 is 2.95 bits per heavy atom. The van der Waals surface area contributed by atoms with Gasteiger partial charge in [0.05, 0.1) is 17.4 Å². The Balaban J connectivity index is 1.99. The van der Waals surface area contributed by atoms with Gasteiger partial charge in [-0.05, 0) is 0 Å². The van der Waals surface area contributed by atoms with Gasteiger partial charge in [-0.1, -0.05) is 0 Å². The topological polar surface area (TPSA) is 134 Å². The number of aromatic amines is 1. The number of hydrogen-bond acceptors (Lipinski definition) is 7. The maximum absolute atomic E-state index is 11.7. The van der Waals surface area contributed by atoms with Crippen LogP contribution in [0.4, 0.5) is 17.3 Å². The summed E-state index contributed by atoms with van der Waals surface area (Å²) in [6, 6.07) is 3.21. The van der Waals surface area contributed by atoms with Crippen molar-refractivity contribution in [2.45, 2.75) is 0 Å². The molecule has 102 valence electrons. The van der Waals surface area contributed by atoms with Crippen LogP contribution in [0.25, 0.3) is 10.9 Å². The van der Waals surface area contributed by atoms with Gasteiger partial charge in [0.1, 0.15) is 11.6 Å². The number of nitrogens with zero attached hydrogens (tertiary/aromatic N) is 4. The molecule has 0 unspecified atom stereocenters. The number of nitrogens with one attached hydrogen (secondary N) is 3. The number of pyridine rings is 1. The number of carbonyl (C=O) groups is 1. The fourth-order valence-corrected chi connectivity index (χ4v) is 1.78. The van der Waals surface area contributed by atoms with Gasteiger partial charge in [0.15, 0.2) is 5.69 Å². The summed E-state index contributed by atoms with van der Waals surface area (Å²) in [5.41, 5.74) is 6.74. The summed E-state index contributed by atoms with van der Waals surface area (Å²) in [6.45, 7) is 0. The molecule has 0 bridgehead atoms. The van der Waals surface area contributed by atoms with Crippen LogP contribution in [0.2, 0.25) is 0 Å². The lowest BCUT2D eigenvalue weighted by Gasteiger charge is -2.09. The van der Waals surface area contributed by atoms with Crippen LogP contribution >= 0.6 is 0 Å². The number of anilines is 3. The summed E-state index contributed by atoms with van der Waals surface area (Å²) in [7, 11) is 5.11. The number of H-pyrrole nitrogens is 1. The van der Waals surface area contributed by atoms with Crippen molar-refractivity contribution >= 4 is 42.1 Å². The Kier molecular flexibility index (Phi) is 3.11. The molecule has 3 rings (SSSR count). The normalized spacial score (nSPS) is 10.5. The van der Waals surface area contributed by atoms with E-state index in [2.05, 4.69) is 30.7 Å². The van der Waals surface area contributed by atoms with Crippen molar-refractivity contribution in [1.82, 2.24) is 30.6 Å². The maximum Gasteiger partial charge on any atom is 0.261 e. The van der Waals surface area contributed by atoms with E-state index in [1.54, 1.807) is 18.5 Å². The summed E-state index contributed by atoms with van der Waals surface area (Å²) in [4.78, 5) is 15.9. The lowest BCUT2D eigenvalue weighted by atomic mass is 10.2. The van der Waals surface area contributed by atoms with Gasteiger partial charge in [0.25, 0.3) is 5.91 Å². The van der Waals surface area contributed by atoms with Crippen molar-refractivity contribution in [1.29, 1.82) is 0 Å². The van der Waals surface area contributed by atoms with Crippen molar-refractivity contribution in [2.24, 2.45) is 0 Å². The molecule has 3 heterocycles. The van der Waals surface area contributed by atoms with E-state index >= 15 is 0 Å². The molecule has 9 nitrogen and oxygen atoms in total. The fourth-order valence-electron chi connectivity index (χ4n) is 1.78. The second-order valence-electron chi connectivity index (χ2n) is 4.16. The molecule has 0 saturated heterocycles. The van der Waals surface area contributed by atoms with E-state index < -0.39 is 5.91 Å². The quantitative estimate of drug-likeness (QED) is 0.491. The number of fused-ring (bicyclic) bond motifs is 1. The van der Waals surface area contributed by atoms with E-state index in [9.17, 15) is 4.79 Å². The summed E-state index contributed by atoms with van der Waals surface area (Å²) in [6.07, 6.45) is 3.30. The van der Waals surface area contributed by atoms with Gasteiger partial charge < -0.3 is 16.3 Å². The molecule has 0 aliphatic carbocycles. The largest absolute Gasteiger partial charge is 0.404 e. The van der Waals surface area contributed by atoms with E-state index in [0.29, 0.717) is 11.5 Å². The first-order chi connectivity index (χ1) is 10.2. The maximum atomic E-state index is 11.7. The first-order valence-electron chi connectivity index (χ1n) is 5.87. The fraction of sp³-hybridized carbons (Fsp3) is 0. The van der Waals surface area contributed by atoms with E-state index in [-0.39, 0.29) is 11.5 Å². The van der Waals surface area contributed by atoms with Crippen LogP contribution in [0.3, 0.4) is 0 Å². The molecule has 1 amide bonds. The summed E-state index contributed by atoms with van der Waals surface area (Å²) in [5.74, 6) is 0.0616. The molecule has 0 fully saturated rings. The molecular formula is C11H9BN8O. The number of carbonyl (C=O) groups excluding carboxylic acids is 1. The molecule has 5 N–H and O–H groups in total. The molecule has 0 atom stereocenters. The highest BCUT2D eigenvalue weighted by atomic mass is 16.1. The van der Waals surface area contributed by atoms with Crippen LogP contribution in [0.1, 0.15) is 10.5 Å². The second kappa shape index (κ2) is 5.08. The van der Waals surface area contributed by atoms with Gasteiger partial charge in [-0.15, -0.1) is 10.2 Å². The van der Waals surface area contributed by atoms with Crippen LogP contribution in [0.5, 0.6) is 0 Å². The number of nitrogens with two attached hydrogens (primary N) is 1. The Morgan fingerprint density at radius 1 is 1.29 bits per heavy atom. The first-order valence-corrected chi connectivity index (χ1v) is 5.87. The van der Waals surface area contributed by atoms with E-state index in [4.69, 9.17) is 13.7 Å². The Bertz CT molecular complexity index is 817. The molecule has 0 saturated carbocycles. The molecule has 0 aromatic carbocycles. The molecular weight excluding hydrogens is 271 g/mol. The van der Waals surface area contributed by atoms with Crippen molar-refractivity contribution in [3.05, 3.63) is 30.2 Å². The van der Waals surface area contributed by atoms with Crippen LogP contribution in [-0.4, -0.2) is 39.3 Å². The predicted octanol–water partition coefficient (Wildman–Crippen LogP) is -0.113. The molecule has 2 radical (unpaired) electrons. The smallest absolute Gasteiger partial charge is 0.261 e. The van der Waals surface area contributed by atoms with Crippen LogP contribution in [0, 0.1) is 0 Å².